The molecule has 1 aliphatic heterocycles. The zero-order valence-corrected chi connectivity index (χ0v) is 21.8. The summed E-state index contributed by atoms with van der Waals surface area (Å²) in [6, 6.07) is 7.53. The van der Waals surface area contributed by atoms with Crippen LogP contribution in [0.25, 0.3) is 0 Å². The summed E-state index contributed by atoms with van der Waals surface area (Å²) in [4.78, 5) is 42.1. The largest absolute Gasteiger partial charge is 0.355 e. The van der Waals surface area contributed by atoms with Crippen molar-refractivity contribution in [1.29, 1.82) is 0 Å². The molecule has 8 nitrogen and oxygen atoms in total. The number of aromatic nitrogens is 3. The van der Waals surface area contributed by atoms with E-state index in [1.807, 2.05) is 23.1 Å². The molecule has 1 N–H and O–H groups in total. The van der Waals surface area contributed by atoms with Crippen LogP contribution < -0.4 is 10.2 Å². The molecular formula is C24H33ClN6O2S. The third-order valence-electron chi connectivity index (χ3n) is 5.38. The van der Waals surface area contributed by atoms with Gasteiger partial charge in [0.25, 0.3) is 0 Å². The van der Waals surface area contributed by atoms with E-state index in [1.165, 1.54) is 11.8 Å². The van der Waals surface area contributed by atoms with Gasteiger partial charge in [0.05, 0.1) is 5.75 Å². The van der Waals surface area contributed by atoms with Crippen molar-refractivity contribution in [3.8, 4) is 0 Å². The van der Waals surface area contributed by atoms with Crippen LogP contribution in [-0.2, 0) is 16.0 Å². The number of piperazine rings is 1. The fourth-order valence-corrected chi connectivity index (χ4v) is 4.67. The molecule has 0 aliphatic carbocycles. The molecule has 0 aromatic carbocycles. The van der Waals surface area contributed by atoms with Gasteiger partial charge in [0.1, 0.15) is 11.0 Å². The maximum absolute atomic E-state index is 12.7. The number of carbonyl (C=O) groups is 2. The van der Waals surface area contributed by atoms with E-state index in [1.54, 1.807) is 12.3 Å². The van der Waals surface area contributed by atoms with E-state index in [-0.39, 0.29) is 29.0 Å². The second kappa shape index (κ2) is 11.8. The molecule has 0 saturated carbocycles. The van der Waals surface area contributed by atoms with E-state index in [0.717, 1.165) is 5.69 Å². The molecule has 34 heavy (non-hydrogen) atoms. The first-order chi connectivity index (χ1) is 16.1. The SMILES string of the molecule is CC1CN(c2cc(Cl)nc(SCC(=O)NCCc3ccccn3)n2)CCN1C(=O)CC(C)(C)C. The van der Waals surface area contributed by atoms with Crippen LogP contribution >= 0.6 is 23.4 Å². The Balaban J connectivity index is 1.51. The number of halogens is 1. The van der Waals surface area contributed by atoms with Gasteiger partial charge in [-0.2, -0.15) is 0 Å². The highest BCUT2D eigenvalue weighted by atomic mass is 35.5. The molecule has 184 valence electrons. The number of amides is 2. The molecule has 2 aromatic rings. The number of carbonyl (C=O) groups excluding carboxylic acids is 2. The van der Waals surface area contributed by atoms with Gasteiger partial charge in [0.15, 0.2) is 5.16 Å². The molecule has 3 rings (SSSR count). The summed E-state index contributed by atoms with van der Waals surface area (Å²) in [6.07, 6.45) is 2.95. The molecule has 10 heteroatoms. The summed E-state index contributed by atoms with van der Waals surface area (Å²) in [7, 11) is 0. The second-order valence-electron chi connectivity index (χ2n) is 9.66. The zero-order valence-electron chi connectivity index (χ0n) is 20.3. The topological polar surface area (TPSA) is 91.3 Å². The fourth-order valence-electron chi connectivity index (χ4n) is 3.76. The third kappa shape index (κ3) is 8.13. The normalized spacial score (nSPS) is 16.4. The summed E-state index contributed by atoms with van der Waals surface area (Å²) in [5.41, 5.74) is 0.901. The average Bonchev–Trinajstić information content (AvgIpc) is 2.77. The monoisotopic (exact) mass is 504 g/mol. The maximum atomic E-state index is 12.7. The zero-order chi connectivity index (χ0) is 24.7. The third-order valence-corrected chi connectivity index (χ3v) is 6.42. The fraction of sp³-hybridized carbons (Fsp3) is 0.542. The number of hydrogen-bond acceptors (Lipinski definition) is 7. The standard InChI is InChI=1S/C24H33ClN6O2S/c1-17-15-30(11-12-31(17)22(33)14-24(2,3)4)20-13-19(25)28-23(29-20)34-16-21(32)27-10-8-18-7-5-6-9-26-18/h5-7,9,13,17H,8,10-12,14-16H2,1-4H3,(H,27,32). The molecule has 1 saturated heterocycles. The average molecular weight is 505 g/mol. The van der Waals surface area contributed by atoms with E-state index in [9.17, 15) is 9.59 Å². The number of nitrogens with zero attached hydrogens (tertiary/aromatic N) is 5. The molecular weight excluding hydrogens is 472 g/mol. The van der Waals surface area contributed by atoms with Crippen LogP contribution in [0.15, 0.2) is 35.6 Å². The number of pyridine rings is 1. The van der Waals surface area contributed by atoms with Gasteiger partial charge < -0.3 is 15.1 Å². The summed E-state index contributed by atoms with van der Waals surface area (Å²) in [5.74, 6) is 1.01. The van der Waals surface area contributed by atoms with Gasteiger partial charge in [-0.05, 0) is 24.5 Å². The molecule has 3 heterocycles. The minimum absolute atomic E-state index is 0.0367. The first-order valence-corrected chi connectivity index (χ1v) is 12.9. The predicted octanol–water partition coefficient (Wildman–Crippen LogP) is 3.45. The van der Waals surface area contributed by atoms with Crippen LogP contribution in [0.1, 0.15) is 39.8 Å². The van der Waals surface area contributed by atoms with Crippen molar-refractivity contribution >= 4 is 41.0 Å². The molecule has 1 aliphatic rings. The summed E-state index contributed by atoms with van der Waals surface area (Å²) >= 11 is 7.52. The Morgan fingerprint density at radius 1 is 1.24 bits per heavy atom. The van der Waals surface area contributed by atoms with Crippen LogP contribution in [0, 0.1) is 5.41 Å². The Hall–Kier alpha value is -2.39. The van der Waals surface area contributed by atoms with Gasteiger partial charge in [-0.1, -0.05) is 50.2 Å². The number of anilines is 1. The summed E-state index contributed by atoms with van der Waals surface area (Å²) in [5, 5.41) is 3.69. The van der Waals surface area contributed by atoms with E-state index in [2.05, 4.69) is 52.9 Å². The van der Waals surface area contributed by atoms with Crippen molar-refractivity contribution in [3.05, 3.63) is 41.3 Å². The minimum Gasteiger partial charge on any atom is -0.355 e. The quantitative estimate of drug-likeness (QED) is 0.334. The number of hydrogen-bond donors (Lipinski definition) is 1. The van der Waals surface area contributed by atoms with Gasteiger partial charge in [-0.3, -0.25) is 14.6 Å². The van der Waals surface area contributed by atoms with Crippen molar-refractivity contribution in [1.82, 2.24) is 25.2 Å². The summed E-state index contributed by atoms with van der Waals surface area (Å²) < 4.78 is 0. The Bertz CT molecular complexity index is 985. The first-order valence-electron chi connectivity index (χ1n) is 11.5. The molecule has 0 spiro atoms. The molecule has 2 amide bonds. The Morgan fingerprint density at radius 2 is 2.03 bits per heavy atom. The van der Waals surface area contributed by atoms with Crippen LogP contribution in [0.2, 0.25) is 5.15 Å². The number of rotatable bonds is 8. The molecule has 1 atom stereocenters. The van der Waals surface area contributed by atoms with E-state index in [0.29, 0.717) is 55.1 Å². The Morgan fingerprint density at radius 3 is 2.71 bits per heavy atom. The number of nitrogens with one attached hydrogen (secondary N) is 1. The lowest BCUT2D eigenvalue weighted by molar-refractivity contribution is -0.135. The Kier molecular flexibility index (Phi) is 9.13. The lowest BCUT2D eigenvalue weighted by Gasteiger charge is -2.41. The van der Waals surface area contributed by atoms with Gasteiger partial charge in [-0.15, -0.1) is 0 Å². The molecule has 1 fully saturated rings. The van der Waals surface area contributed by atoms with E-state index in [4.69, 9.17) is 11.6 Å². The molecule has 0 radical (unpaired) electrons. The smallest absolute Gasteiger partial charge is 0.230 e. The van der Waals surface area contributed by atoms with Crippen LogP contribution in [-0.4, -0.2) is 69.6 Å². The van der Waals surface area contributed by atoms with Crippen molar-refractivity contribution in [3.63, 3.8) is 0 Å². The number of thioether (sulfide) groups is 1. The lowest BCUT2D eigenvalue weighted by Crippen LogP contribution is -2.54. The minimum atomic E-state index is -0.0920. The van der Waals surface area contributed by atoms with Crippen molar-refractivity contribution in [2.45, 2.75) is 51.7 Å². The van der Waals surface area contributed by atoms with Gasteiger partial charge in [0.2, 0.25) is 11.8 Å². The van der Waals surface area contributed by atoms with Crippen LogP contribution in [0.3, 0.4) is 0 Å². The maximum Gasteiger partial charge on any atom is 0.230 e. The van der Waals surface area contributed by atoms with Crippen molar-refractivity contribution < 1.29 is 9.59 Å². The van der Waals surface area contributed by atoms with Gasteiger partial charge >= 0.3 is 0 Å². The van der Waals surface area contributed by atoms with Crippen molar-refractivity contribution in [2.75, 3.05) is 36.8 Å². The highest BCUT2D eigenvalue weighted by Crippen LogP contribution is 2.26. The lowest BCUT2D eigenvalue weighted by atomic mass is 9.91. The predicted molar refractivity (Wildman–Crippen MR) is 136 cm³/mol. The van der Waals surface area contributed by atoms with E-state index < -0.39 is 0 Å². The van der Waals surface area contributed by atoms with Crippen molar-refractivity contribution in [2.24, 2.45) is 5.41 Å². The molecule has 0 bridgehead atoms. The Labute approximate surface area is 210 Å². The van der Waals surface area contributed by atoms with Crippen LogP contribution in [0.4, 0.5) is 5.82 Å². The summed E-state index contributed by atoms with van der Waals surface area (Å²) in [6.45, 7) is 10.8. The molecule has 2 aromatic heterocycles. The second-order valence-corrected chi connectivity index (χ2v) is 11.0. The van der Waals surface area contributed by atoms with Crippen LogP contribution in [0.5, 0.6) is 0 Å². The van der Waals surface area contributed by atoms with Gasteiger partial charge in [-0.25, -0.2) is 9.97 Å². The van der Waals surface area contributed by atoms with Gasteiger partial charge in [0, 0.05) is 63.0 Å². The molecule has 1 unspecified atom stereocenters. The van der Waals surface area contributed by atoms with E-state index >= 15 is 0 Å². The first kappa shape index (κ1) is 26.2. The highest BCUT2D eigenvalue weighted by molar-refractivity contribution is 7.99. The highest BCUT2D eigenvalue weighted by Gasteiger charge is 2.30.